The lowest BCUT2D eigenvalue weighted by molar-refractivity contribution is -0.145. The number of aliphatic hydroxyl groups is 1. The first-order valence-electron chi connectivity index (χ1n) is 7.42. The minimum atomic E-state index is -0.615. The fourth-order valence-electron chi connectivity index (χ4n) is 3.45. The number of nitrogens with zero attached hydrogens (tertiary/aromatic N) is 1. The first-order valence-corrected chi connectivity index (χ1v) is 7.42. The van der Waals surface area contributed by atoms with Gasteiger partial charge in [0, 0.05) is 18.0 Å². The maximum absolute atomic E-state index is 13.4. The molecule has 1 aromatic rings. The molecule has 2 fully saturated rings. The number of rotatable bonds is 2. The molecule has 0 radical (unpaired) electrons. The number of benzene rings is 1. The van der Waals surface area contributed by atoms with Crippen molar-refractivity contribution in [2.45, 2.75) is 50.8 Å². The molecule has 3 rings (SSSR count). The number of carbonyl (C=O) groups is 1. The highest BCUT2D eigenvalue weighted by atomic mass is 19.1. The van der Waals surface area contributed by atoms with Gasteiger partial charge in [-0.2, -0.15) is 0 Å². The van der Waals surface area contributed by atoms with Gasteiger partial charge in [0.1, 0.15) is 11.6 Å². The number of likely N-dealkylation sites (tertiary alicyclic amines) is 1. The van der Waals surface area contributed by atoms with E-state index in [9.17, 15) is 18.7 Å². The van der Waals surface area contributed by atoms with Crippen LogP contribution in [0.5, 0.6) is 0 Å². The summed E-state index contributed by atoms with van der Waals surface area (Å²) in [5.41, 5.74) is 0.519. The van der Waals surface area contributed by atoms with E-state index in [0.717, 1.165) is 12.5 Å². The molecule has 21 heavy (non-hydrogen) atoms. The Morgan fingerprint density at radius 2 is 1.81 bits per heavy atom. The summed E-state index contributed by atoms with van der Waals surface area (Å²) in [6, 6.07) is 3.25. The minimum absolute atomic E-state index is 0.0000283. The molecule has 1 saturated carbocycles. The number of hydrogen-bond acceptors (Lipinski definition) is 2. The van der Waals surface area contributed by atoms with E-state index in [1.807, 2.05) is 6.92 Å². The monoisotopic (exact) mass is 295 g/mol. The van der Waals surface area contributed by atoms with Crippen LogP contribution in [-0.2, 0) is 4.79 Å². The summed E-state index contributed by atoms with van der Waals surface area (Å²) in [4.78, 5) is 14.3. The molecule has 1 aromatic carbocycles. The first kappa shape index (κ1) is 14.4. The molecule has 0 aromatic heterocycles. The molecule has 1 amide bonds. The summed E-state index contributed by atoms with van der Waals surface area (Å²) in [5, 5.41) is 9.36. The van der Waals surface area contributed by atoms with Gasteiger partial charge >= 0.3 is 0 Å². The predicted octanol–water partition coefficient (Wildman–Crippen LogP) is 2.79. The van der Waals surface area contributed by atoms with Crippen LogP contribution in [0.25, 0.3) is 0 Å². The molecule has 2 unspecified atom stereocenters. The molecule has 1 aliphatic heterocycles. The van der Waals surface area contributed by atoms with Crippen molar-refractivity contribution >= 4 is 5.91 Å². The van der Waals surface area contributed by atoms with E-state index in [2.05, 4.69) is 0 Å². The van der Waals surface area contributed by atoms with Crippen molar-refractivity contribution in [2.75, 3.05) is 0 Å². The molecular formula is C16H19F2NO2. The van der Waals surface area contributed by atoms with Gasteiger partial charge in [0.2, 0.25) is 5.91 Å². The summed E-state index contributed by atoms with van der Waals surface area (Å²) in [5.74, 6) is -1.38. The highest BCUT2D eigenvalue weighted by Gasteiger charge is 2.42. The van der Waals surface area contributed by atoms with Gasteiger partial charge in [0.15, 0.2) is 0 Å². The molecule has 1 aliphatic carbocycles. The van der Waals surface area contributed by atoms with Crippen molar-refractivity contribution in [3.8, 4) is 0 Å². The minimum Gasteiger partial charge on any atom is -0.393 e. The Balaban J connectivity index is 1.85. The van der Waals surface area contributed by atoms with E-state index in [0.29, 0.717) is 24.8 Å². The molecule has 0 spiro atoms. The number of amides is 1. The van der Waals surface area contributed by atoms with Gasteiger partial charge in [-0.05, 0) is 50.3 Å². The first-order chi connectivity index (χ1) is 9.95. The Hall–Kier alpha value is -1.49. The fraction of sp³-hybridized carbons (Fsp3) is 0.562. The second-order valence-corrected chi connectivity index (χ2v) is 6.21. The molecule has 114 valence electrons. The van der Waals surface area contributed by atoms with E-state index in [1.54, 1.807) is 4.90 Å². The standard InChI is InChI=1S/C16H19F2NO2/c1-9-2-3-15(10-4-12(17)8-13(18)5-10)19(9)16(21)11-6-14(20)7-11/h4-5,8-9,11,14-15,20H,2-3,6-7H2,1H3. The van der Waals surface area contributed by atoms with Crippen LogP contribution in [0.4, 0.5) is 8.78 Å². The van der Waals surface area contributed by atoms with Crippen LogP contribution in [0.1, 0.15) is 44.2 Å². The molecule has 3 nitrogen and oxygen atoms in total. The van der Waals surface area contributed by atoms with Crippen LogP contribution >= 0.6 is 0 Å². The van der Waals surface area contributed by atoms with Crippen molar-refractivity contribution < 1.29 is 18.7 Å². The molecule has 2 atom stereocenters. The second kappa shape index (κ2) is 5.37. The van der Waals surface area contributed by atoms with Crippen molar-refractivity contribution in [2.24, 2.45) is 5.92 Å². The van der Waals surface area contributed by atoms with E-state index in [1.165, 1.54) is 12.1 Å². The zero-order chi connectivity index (χ0) is 15.1. The van der Waals surface area contributed by atoms with Crippen molar-refractivity contribution in [3.63, 3.8) is 0 Å². The van der Waals surface area contributed by atoms with Crippen LogP contribution in [-0.4, -0.2) is 28.1 Å². The fourth-order valence-corrected chi connectivity index (χ4v) is 3.45. The van der Waals surface area contributed by atoms with E-state index in [-0.39, 0.29) is 30.0 Å². The zero-order valence-electron chi connectivity index (χ0n) is 11.9. The van der Waals surface area contributed by atoms with Crippen molar-refractivity contribution in [1.29, 1.82) is 0 Å². The quantitative estimate of drug-likeness (QED) is 0.911. The van der Waals surface area contributed by atoms with Crippen molar-refractivity contribution in [3.05, 3.63) is 35.4 Å². The third kappa shape index (κ3) is 2.67. The summed E-state index contributed by atoms with van der Waals surface area (Å²) in [6.07, 6.45) is 2.13. The van der Waals surface area contributed by atoms with Crippen LogP contribution < -0.4 is 0 Å². The highest BCUT2D eigenvalue weighted by molar-refractivity contribution is 5.81. The Morgan fingerprint density at radius 1 is 1.19 bits per heavy atom. The van der Waals surface area contributed by atoms with E-state index < -0.39 is 11.6 Å². The summed E-state index contributed by atoms with van der Waals surface area (Å²) >= 11 is 0. The third-order valence-electron chi connectivity index (χ3n) is 4.66. The maximum atomic E-state index is 13.4. The van der Waals surface area contributed by atoms with Gasteiger partial charge in [-0.3, -0.25) is 4.79 Å². The van der Waals surface area contributed by atoms with Crippen LogP contribution in [0.3, 0.4) is 0 Å². The van der Waals surface area contributed by atoms with Gasteiger partial charge < -0.3 is 10.0 Å². The second-order valence-electron chi connectivity index (χ2n) is 6.21. The lowest BCUT2D eigenvalue weighted by Gasteiger charge is -2.37. The number of halogens is 2. The topological polar surface area (TPSA) is 40.5 Å². The normalized spacial score (nSPS) is 32.1. The van der Waals surface area contributed by atoms with Crippen LogP contribution in [0.15, 0.2) is 18.2 Å². The van der Waals surface area contributed by atoms with Crippen LogP contribution in [0, 0.1) is 17.6 Å². The largest absolute Gasteiger partial charge is 0.393 e. The predicted molar refractivity (Wildman–Crippen MR) is 73.4 cm³/mol. The molecule has 0 bridgehead atoms. The summed E-state index contributed by atoms with van der Waals surface area (Å²) < 4.78 is 26.8. The molecule has 5 heteroatoms. The smallest absolute Gasteiger partial charge is 0.226 e. The molecule has 1 saturated heterocycles. The van der Waals surface area contributed by atoms with E-state index >= 15 is 0 Å². The Morgan fingerprint density at radius 3 is 2.38 bits per heavy atom. The summed E-state index contributed by atoms with van der Waals surface area (Å²) in [6.45, 7) is 1.96. The third-order valence-corrected chi connectivity index (χ3v) is 4.66. The Labute approximate surface area is 122 Å². The average molecular weight is 295 g/mol. The highest BCUT2D eigenvalue weighted by Crippen LogP contribution is 2.40. The lowest BCUT2D eigenvalue weighted by atomic mass is 9.81. The van der Waals surface area contributed by atoms with Gasteiger partial charge in [-0.1, -0.05) is 0 Å². The number of aliphatic hydroxyl groups excluding tert-OH is 1. The zero-order valence-corrected chi connectivity index (χ0v) is 11.9. The maximum Gasteiger partial charge on any atom is 0.226 e. The van der Waals surface area contributed by atoms with Gasteiger partial charge in [-0.15, -0.1) is 0 Å². The molecular weight excluding hydrogens is 276 g/mol. The Kier molecular flexibility index (Phi) is 3.69. The van der Waals surface area contributed by atoms with Crippen LogP contribution in [0.2, 0.25) is 0 Å². The van der Waals surface area contributed by atoms with Crippen molar-refractivity contribution in [1.82, 2.24) is 4.90 Å². The van der Waals surface area contributed by atoms with E-state index in [4.69, 9.17) is 0 Å². The van der Waals surface area contributed by atoms with Gasteiger partial charge in [0.05, 0.1) is 12.1 Å². The molecule has 2 aliphatic rings. The SMILES string of the molecule is CC1CCC(c2cc(F)cc(F)c2)N1C(=O)C1CC(O)C1. The van der Waals surface area contributed by atoms with Gasteiger partial charge in [0.25, 0.3) is 0 Å². The molecule has 1 heterocycles. The molecule has 1 N–H and O–H groups in total. The average Bonchev–Trinajstić information content (AvgIpc) is 2.75. The number of hydrogen-bond donors (Lipinski definition) is 1. The lowest BCUT2D eigenvalue weighted by Crippen LogP contribution is -2.45. The number of carbonyl (C=O) groups excluding carboxylic acids is 1. The van der Waals surface area contributed by atoms with Gasteiger partial charge in [-0.25, -0.2) is 8.78 Å². The summed E-state index contributed by atoms with van der Waals surface area (Å²) in [7, 11) is 0. The Bertz CT molecular complexity index is 537.